The van der Waals surface area contributed by atoms with Crippen LogP contribution in [0.5, 0.6) is 0 Å². The predicted octanol–water partition coefficient (Wildman–Crippen LogP) is 2.11. The summed E-state index contributed by atoms with van der Waals surface area (Å²) < 4.78 is 1.71. The van der Waals surface area contributed by atoms with E-state index >= 15 is 0 Å². The molecule has 3 heterocycles. The Morgan fingerprint density at radius 2 is 2.13 bits per heavy atom. The molecule has 3 aromatic rings. The lowest BCUT2D eigenvalue weighted by Crippen LogP contribution is -2.53. The summed E-state index contributed by atoms with van der Waals surface area (Å²) in [7, 11) is 0. The fourth-order valence-corrected chi connectivity index (χ4v) is 3.64. The van der Waals surface area contributed by atoms with Crippen LogP contribution in [0.15, 0.2) is 49.1 Å². The summed E-state index contributed by atoms with van der Waals surface area (Å²) >= 11 is 6.26. The number of hydrogen-bond donors (Lipinski definition) is 2. The van der Waals surface area contributed by atoms with Crippen molar-refractivity contribution in [3.63, 3.8) is 0 Å². The lowest BCUT2D eigenvalue weighted by molar-refractivity contribution is -0.121. The molecular formula is C21H24ClN7O. The van der Waals surface area contributed by atoms with E-state index in [1.807, 2.05) is 31.2 Å². The Morgan fingerprint density at radius 3 is 2.90 bits per heavy atom. The van der Waals surface area contributed by atoms with Crippen LogP contribution >= 0.6 is 11.6 Å². The van der Waals surface area contributed by atoms with Crippen molar-refractivity contribution in [2.45, 2.75) is 25.9 Å². The highest BCUT2D eigenvalue weighted by Crippen LogP contribution is 2.22. The summed E-state index contributed by atoms with van der Waals surface area (Å²) in [6.07, 6.45) is 5.42. The number of aryl methyl sites for hydroxylation is 1. The fourth-order valence-electron chi connectivity index (χ4n) is 3.47. The van der Waals surface area contributed by atoms with Crippen LogP contribution in [0.1, 0.15) is 17.5 Å². The van der Waals surface area contributed by atoms with Gasteiger partial charge in [0.1, 0.15) is 17.3 Å². The van der Waals surface area contributed by atoms with Crippen LogP contribution in [-0.4, -0.2) is 51.1 Å². The number of carbonyl (C=O) groups is 1. The quantitative estimate of drug-likeness (QED) is 0.588. The molecule has 156 valence electrons. The molecule has 1 fully saturated rings. The first-order valence-corrected chi connectivity index (χ1v) is 10.3. The number of anilines is 1. The largest absolute Gasteiger partial charge is 0.352 e. The number of hydrogen-bond acceptors (Lipinski definition) is 6. The second kappa shape index (κ2) is 9.23. The van der Waals surface area contributed by atoms with Crippen molar-refractivity contribution in [3.05, 3.63) is 65.3 Å². The van der Waals surface area contributed by atoms with Crippen LogP contribution in [-0.2, 0) is 11.3 Å². The highest BCUT2D eigenvalue weighted by atomic mass is 35.5. The molecule has 1 aliphatic rings. The minimum Gasteiger partial charge on any atom is -0.352 e. The van der Waals surface area contributed by atoms with Crippen LogP contribution in [0.3, 0.4) is 0 Å². The Balaban J connectivity index is 1.45. The molecule has 0 saturated carbocycles. The van der Waals surface area contributed by atoms with Gasteiger partial charge in [0.25, 0.3) is 0 Å². The molecule has 0 radical (unpaired) electrons. The molecule has 8 nitrogen and oxygen atoms in total. The SMILES string of the molecule is Cc1ccc(CNC(=O)CC2CNCCN2c2cc(Cl)nc(-n3ccnc3)n2)cc1. The number of carbonyl (C=O) groups excluding carboxylic acids is 1. The molecule has 1 aromatic carbocycles. The third kappa shape index (κ3) is 4.95. The normalized spacial score (nSPS) is 16.5. The second-order valence-electron chi connectivity index (χ2n) is 7.34. The molecule has 1 atom stereocenters. The first-order chi connectivity index (χ1) is 14.6. The van der Waals surface area contributed by atoms with Crippen molar-refractivity contribution >= 4 is 23.3 Å². The molecule has 1 aliphatic heterocycles. The predicted molar refractivity (Wildman–Crippen MR) is 116 cm³/mol. The number of rotatable bonds is 6. The van der Waals surface area contributed by atoms with Gasteiger partial charge in [0, 0.05) is 51.1 Å². The number of aromatic nitrogens is 4. The summed E-state index contributed by atoms with van der Waals surface area (Å²) in [6, 6.07) is 9.87. The van der Waals surface area contributed by atoms with Crippen molar-refractivity contribution in [1.82, 2.24) is 30.2 Å². The molecule has 9 heteroatoms. The molecule has 0 bridgehead atoms. The summed E-state index contributed by atoms with van der Waals surface area (Å²) in [6.45, 7) is 4.80. The van der Waals surface area contributed by atoms with Crippen LogP contribution in [0.2, 0.25) is 5.15 Å². The van der Waals surface area contributed by atoms with Gasteiger partial charge in [0.15, 0.2) is 0 Å². The maximum absolute atomic E-state index is 12.6. The highest BCUT2D eigenvalue weighted by Gasteiger charge is 2.26. The third-order valence-electron chi connectivity index (χ3n) is 5.08. The zero-order valence-electron chi connectivity index (χ0n) is 16.8. The van der Waals surface area contributed by atoms with Gasteiger partial charge in [-0.2, -0.15) is 4.98 Å². The zero-order valence-corrected chi connectivity index (χ0v) is 17.5. The van der Waals surface area contributed by atoms with Crippen LogP contribution < -0.4 is 15.5 Å². The molecule has 0 spiro atoms. The summed E-state index contributed by atoms with van der Waals surface area (Å²) in [5.41, 5.74) is 2.28. The summed E-state index contributed by atoms with van der Waals surface area (Å²) in [4.78, 5) is 27.7. The molecule has 2 aromatic heterocycles. The number of benzene rings is 1. The lowest BCUT2D eigenvalue weighted by Gasteiger charge is -2.37. The average Bonchev–Trinajstić information content (AvgIpc) is 3.28. The van der Waals surface area contributed by atoms with Gasteiger partial charge < -0.3 is 15.5 Å². The molecule has 30 heavy (non-hydrogen) atoms. The fraction of sp³-hybridized carbons (Fsp3) is 0.333. The van der Waals surface area contributed by atoms with Crippen LogP contribution in [0.4, 0.5) is 5.82 Å². The Bertz CT molecular complexity index is 991. The minimum absolute atomic E-state index is 0.00395. The molecule has 1 amide bonds. The van der Waals surface area contributed by atoms with E-state index in [1.165, 1.54) is 5.56 Å². The van der Waals surface area contributed by atoms with Crippen LogP contribution in [0, 0.1) is 6.92 Å². The summed E-state index contributed by atoms with van der Waals surface area (Å²) in [5.74, 6) is 1.16. The molecular weight excluding hydrogens is 402 g/mol. The Morgan fingerprint density at radius 1 is 1.30 bits per heavy atom. The number of halogens is 1. The maximum Gasteiger partial charge on any atom is 0.238 e. The van der Waals surface area contributed by atoms with E-state index in [2.05, 4.69) is 30.5 Å². The standard InChI is InChI=1S/C21H24ClN7O/c1-15-2-4-16(5-3-15)12-25-20(30)10-17-13-23-7-9-29(17)19-11-18(22)26-21(27-19)28-8-6-24-14-28/h2-6,8,11,14,17,23H,7,9-10,12-13H2,1H3,(H,25,30). The van der Waals surface area contributed by atoms with Gasteiger partial charge in [-0.05, 0) is 12.5 Å². The van der Waals surface area contributed by atoms with E-state index in [4.69, 9.17) is 11.6 Å². The molecule has 4 rings (SSSR count). The van der Waals surface area contributed by atoms with Gasteiger partial charge in [0.2, 0.25) is 11.9 Å². The summed E-state index contributed by atoms with van der Waals surface area (Å²) in [5, 5.41) is 6.73. The van der Waals surface area contributed by atoms with E-state index in [0.717, 1.165) is 18.7 Å². The van der Waals surface area contributed by atoms with Gasteiger partial charge in [-0.1, -0.05) is 41.4 Å². The molecule has 0 aliphatic carbocycles. The van der Waals surface area contributed by atoms with Crippen molar-refractivity contribution < 1.29 is 4.79 Å². The van der Waals surface area contributed by atoms with Gasteiger partial charge in [-0.3, -0.25) is 9.36 Å². The van der Waals surface area contributed by atoms with E-state index < -0.39 is 0 Å². The first-order valence-electron chi connectivity index (χ1n) is 9.91. The topological polar surface area (TPSA) is 88.0 Å². The number of imidazole rings is 1. The molecule has 2 N–H and O–H groups in total. The second-order valence-corrected chi connectivity index (χ2v) is 7.72. The van der Waals surface area contributed by atoms with Gasteiger partial charge >= 0.3 is 0 Å². The van der Waals surface area contributed by atoms with Gasteiger partial charge in [-0.25, -0.2) is 9.97 Å². The van der Waals surface area contributed by atoms with E-state index in [0.29, 0.717) is 36.4 Å². The van der Waals surface area contributed by atoms with Crippen molar-refractivity contribution in [2.24, 2.45) is 0 Å². The zero-order chi connectivity index (χ0) is 20.9. The Kier molecular flexibility index (Phi) is 6.25. The van der Waals surface area contributed by atoms with Crippen molar-refractivity contribution in [3.8, 4) is 5.95 Å². The molecule has 1 saturated heterocycles. The number of nitrogens with zero attached hydrogens (tertiary/aromatic N) is 5. The van der Waals surface area contributed by atoms with Crippen molar-refractivity contribution in [1.29, 1.82) is 0 Å². The monoisotopic (exact) mass is 425 g/mol. The van der Waals surface area contributed by atoms with Crippen molar-refractivity contribution in [2.75, 3.05) is 24.5 Å². The Labute approximate surface area is 180 Å². The number of piperazine rings is 1. The highest BCUT2D eigenvalue weighted by molar-refractivity contribution is 6.29. The smallest absolute Gasteiger partial charge is 0.238 e. The third-order valence-corrected chi connectivity index (χ3v) is 5.27. The first kappa shape index (κ1) is 20.3. The Hall–Kier alpha value is -2.97. The van der Waals surface area contributed by atoms with Gasteiger partial charge in [0.05, 0.1) is 6.04 Å². The molecule has 1 unspecified atom stereocenters. The van der Waals surface area contributed by atoms with E-state index in [1.54, 1.807) is 29.4 Å². The average molecular weight is 426 g/mol. The van der Waals surface area contributed by atoms with E-state index in [9.17, 15) is 4.79 Å². The number of amides is 1. The minimum atomic E-state index is -0.0293. The lowest BCUT2D eigenvalue weighted by atomic mass is 10.1. The maximum atomic E-state index is 12.6. The number of nitrogens with one attached hydrogen (secondary N) is 2. The van der Waals surface area contributed by atoms with Gasteiger partial charge in [-0.15, -0.1) is 0 Å². The van der Waals surface area contributed by atoms with Crippen LogP contribution in [0.25, 0.3) is 5.95 Å². The van der Waals surface area contributed by atoms with E-state index in [-0.39, 0.29) is 11.9 Å².